The van der Waals surface area contributed by atoms with Crippen LogP contribution in [-0.2, 0) is 9.59 Å². The highest BCUT2D eigenvalue weighted by Crippen LogP contribution is 2.29. The predicted molar refractivity (Wildman–Crippen MR) is 135 cm³/mol. The van der Waals surface area contributed by atoms with Gasteiger partial charge in [0.25, 0.3) is 17.5 Å². The van der Waals surface area contributed by atoms with E-state index in [9.17, 15) is 24.5 Å². The van der Waals surface area contributed by atoms with E-state index in [0.29, 0.717) is 28.2 Å². The summed E-state index contributed by atoms with van der Waals surface area (Å²) < 4.78 is 2.63. The molecule has 3 aromatic rings. The summed E-state index contributed by atoms with van der Waals surface area (Å²) in [6.45, 7) is 7.10. The number of anilines is 1. The maximum Gasteiger partial charge on any atom is 0.335 e. The van der Waals surface area contributed by atoms with Crippen LogP contribution in [0.3, 0.4) is 0 Å². The van der Waals surface area contributed by atoms with E-state index in [1.165, 1.54) is 12.1 Å². The maximum atomic E-state index is 13.3. The number of urea groups is 1. The Morgan fingerprint density at radius 2 is 1.63 bits per heavy atom. The zero-order valence-electron chi connectivity index (χ0n) is 19.4. The van der Waals surface area contributed by atoms with Gasteiger partial charge < -0.3 is 4.57 Å². The van der Waals surface area contributed by atoms with E-state index in [0.717, 1.165) is 20.6 Å². The fraction of sp³-hybridized carbons (Fsp3) is 0.160. The number of imide groups is 2. The molecule has 1 N–H and O–H groups in total. The van der Waals surface area contributed by atoms with Gasteiger partial charge in [-0.2, -0.15) is 0 Å². The van der Waals surface area contributed by atoms with Gasteiger partial charge in [-0.05, 0) is 75.2 Å². The first-order valence-corrected chi connectivity index (χ1v) is 11.4. The SMILES string of the molecule is Cc1cc(N2C(=O)NC(=O)/C(=C\c3cc(C)n(-c4ccc(C)c([N+](=O)[O-])c4)c3C)C2=O)ccc1Br. The molecule has 4 rings (SSSR count). The van der Waals surface area contributed by atoms with E-state index in [4.69, 9.17) is 0 Å². The zero-order chi connectivity index (χ0) is 25.6. The molecule has 35 heavy (non-hydrogen) atoms. The molecule has 0 spiro atoms. The second kappa shape index (κ2) is 8.95. The van der Waals surface area contributed by atoms with Gasteiger partial charge in [0.05, 0.1) is 16.3 Å². The van der Waals surface area contributed by atoms with Crippen LogP contribution in [0, 0.1) is 37.8 Å². The number of hydrogen-bond acceptors (Lipinski definition) is 5. The molecule has 9 nitrogen and oxygen atoms in total. The number of rotatable bonds is 4. The van der Waals surface area contributed by atoms with E-state index in [1.807, 2.05) is 18.4 Å². The van der Waals surface area contributed by atoms with Gasteiger partial charge in [-0.3, -0.25) is 25.0 Å². The maximum absolute atomic E-state index is 13.3. The van der Waals surface area contributed by atoms with Crippen molar-refractivity contribution in [2.24, 2.45) is 0 Å². The van der Waals surface area contributed by atoms with E-state index >= 15 is 0 Å². The molecular formula is C25H21BrN4O5. The van der Waals surface area contributed by atoms with Gasteiger partial charge in [0.1, 0.15) is 5.57 Å². The van der Waals surface area contributed by atoms with Gasteiger partial charge in [0.15, 0.2) is 0 Å². The molecule has 2 heterocycles. The molecule has 1 fully saturated rings. The molecule has 178 valence electrons. The van der Waals surface area contributed by atoms with Crippen LogP contribution in [0.5, 0.6) is 0 Å². The summed E-state index contributed by atoms with van der Waals surface area (Å²) >= 11 is 3.39. The lowest BCUT2D eigenvalue weighted by atomic mass is 10.1. The number of hydrogen-bond donors (Lipinski definition) is 1. The van der Waals surface area contributed by atoms with Gasteiger partial charge in [0, 0.05) is 27.5 Å². The molecule has 1 aromatic heterocycles. The lowest BCUT2D eigenvalue weighted by molar-refractivity contribution is -0.385. The summed E-state index contributed by atoms with van der Waals surface area (Å²) in [5, 5.41) is 13.6. The van der Waals surface area contributed by atoms with Crippen molar-refractivity contribution in [2.45, 2.75) is 27.7 Å². The molecule has 0 unspecified atom stereocenters. The molecule has 1 aliphatic rings. The first-order valence-electron chi connectivity index (χ1n) is 10.6. The number of benzene rings is 2. The van der Waals surface area contributed by atoms with E-state index in [2.05, 4.69) is 21.2 Å². The lowest BCUT2D eigenvalue weighted by Gasteiger charge is -2.26. The third-order valence-electron chi connectivity index (χ3n) is 5.92. The predicted octanol–water partition coefficient (Wildman–Crippen LogP) is 5.05. The van der Waals surface area contributed by atoms with Gasteiger partial charge in [-0.15, -0.1) is 0 Å². The van der Waals surface area contributed by atoms with Crippen molar-refractivity contribution in [3.63, 3.8) is 0 Å². The highest BCUT2D eigenvalue weighted by Gasteiger charge is 2.37. The number of aromatic nitrogens is 1. The molecule has 4 amide bonds. The van der Waals surface area contributed by atoms with Gasteiger partial charge >= 0.3 is 6.03 Å². The first kappa shape index (κ1) is 24.1. The van der Waals surface area contributed by atoms with Gasteiger partial charge in [-0.1, -0.05) is 22.0 Å². The topological polar surface area (TPSA) is 115 Å². The number of amides is 4. The molecule has 10 heteroatoms. The summed E-state index contributed by atoms with van der Waals surface area (Å²) in [5.74, 6) is -1.53. The highest BCUT2D eigenvalue weighted by molar-refractivity contribution is 9.10. The monoisotopic (exact) mass is 536 g/mol. The summed E-state index contributed by atoms with van der Waals surface area (Å²) in [7, 11) is 0. The van der Waals surface area contributed by atoms with Crippen molar-refractivity contribution in [1.29, 1.82) is 0 Å². The number of halogens is 1. The van der Waals surface area contributed by atoms with Crippen molar-refractivity contribution in [1.82, 2.24) is 9.88 Å². The standard InChI is InChI=1S/C25H21BrN4O5/c1-13-5-6-19(12-22(13)30(34)35)28-15(3)10-17(16(28)4)11-20-23(31)27-25(33)29(24(20)32)18-7-8-21(26)14(2)9-18/h5-12H,1-4H3,(H,27,31,33)/b20-11+. The van der Waals surface area contributed by atoms with Gasteiger partial charge in [0.2, 0.25) is 0 Å². The van der Waals surface area contributed by atoms with Crippen molar-refractivity contribution >= 4 is 51.2 Å². The van der Waals surface area contributed by atoms with Crippen LogP contribution in [-0.4, -0.2) is 27.3 Å². The minimum absolute atomic E-state index is 0.00399. The third kappa shape index (κ3) is 4.28. The quantitative estimate of drug-likeness (QED) is 0.217. The lowest BCUT2D eigenvalue weighted by Crippen LogP contribution is -2.54. The number of aryl methyl sites for hydroxylation is 3. The van der Waals surface area contributed by atoms with E-state index in [1.54, 1.807) is 50.2 Å². The average molecular weight is 537 g/mol. The Morgan fingerprint density at radius 3 is 2.29 bits per heavy atom. The molecule has 1 saturated heterocycles. The number of nitrogens with zero attached hydrogens (tertiary/aromatic N) is 3. The van der Waals surface area contributed by atoms with Gasteiger partial charge in [-0.25, -0.2) is 9.69 Å². The van der Waals surface area contributed by atoms with Crippen LogP contribution in [0.25, 0.3) is 11.8 Å². The normalized spacial score (nSPS) is 15.1. The largest absolute Gasteiger partial charge is 0.335 e. The molecule has 0 bridgehead atoms. The first-order chi connectivity index (χ1) is 16.5. The Hall–Kier alpha value is -4.05. The summed E-state index contributed by atoms with van der Waals surface area (Å²) in [6.07, 6.45) is 1.43. The molecule has 0 atom stereocenters. The Labute approximate surface area is 209 Å². The molecule has 1 aliphatic heterocycles. The fourth-order valence-electron chi connectivity index (χ4n) is 4.08. The van der Waals surface area contributed by atoms with Crippen LogP contribution in [0.15, 0.2) is 52.5 Å². The fourth-order valence-corrected chi connectivity index (χ4v) is 4.33. The van der Waals surface area contributed by atoms with Crippen molar-refractivity contribution < 1.29 is 19.3 Å². The molecule has 0 aliphatic carbocycles. The summed E-state index contributed by atoms with van der Waals surface area (Å²) in [4.78, 5) is 50.3. The number of carbonyl (C=O) groups excluding carboxylic acids is 3. The van der Waals surface area contributed by atoms with Crippen LogP contribution >= 0.6 is 15.9 Å². The number of nitro groups is 1. The van der Waals surface area contributed by atoms with Crippen LogP contribution in [0.2, 0.25) is 0 Å². The number of barbiturate groups is 1. The van der Waals surface area contributed by atoms with E-state index < -0.39 is 22.8 Å². The Balaban J connectivity index is 1.78. The van der Waals surface area contributed by atoms with Crippen LogP contribution in [0.4, 0.5) is 16.2 Å². The van der Waals surface area contributed by atoms with Crippen molar-refractivity contribution in [2.75, 3.05) is 4.90 Å². The van der Waals surface area contributed by atoms with E-state index in [-0.39, 0.29) is 11.3 Å². The van der Waals surface area contributed by atoms with Crippen LogP contribution < -0.4 is 10.2 Å². The summed E-state index contributed by atoms with van der Waals surface area (Å²) in [5.41, 5.74) is 4.10. The highest BCUT2D eigenvalue weighted by atomic mass is 79.9. The third-order valence-corrected chi connectivity index (χ3v) is 6.81. The number of nitrogens with one attached hydrogen (secondary N) is 1. The number of nitro benzene ring substituents is 1. The zero-order valence-corrected chi connectivity index (χ0v) is 21.0. The van der Waals surface area contributed by atoms with Crippen LogP contribution in [0.1, 0.15) is 28.1 Å². The Kier molecular flexibility index (Phi) is 6.16. The Bertz CT molecular complexity index is 1470. The second-order valence-corrected chi connectivity index (χ2v) is 9.14. The van der Waals surface area contributed by atoms with Crippen molar-refractivity contribution in [3.8, 4) is 5.69 Å². The molecule has 0 saturated carbocycles. The average Bonchev–Trinajstić information content (AvgIpc) is 3.06. The molecule has 0 radical (unpaired) electrons. The summed E-state index contributed by atoms with van der Waals surface area (Å²) in [6, 6.07) is 10.9. The van der Waals surface area contributed by atoms with Crippen molar-refractivity contribution in [3.05, 3.63) is 90.7 Å². The number of carbonyl (C=O) groups is 3. The Morgan fingerprint density at radius 1 is 0.943 bits per heavy atom. The minimum atomic E-state index is -0.823. The minimum Gasteiger partial charge on any atom is -0.318 e. The second-order valence-electron chi connectivity index (χ2n) is 8.28. The molecular weight excluding hydrogens is 516 g/mol. The smallest absolute Gasteiger partial charge is 0.318 e. The molecule has 2 aromatic carbocycles.